The van der Waals surface area contributed by atoms with E-state index in [0.29, 0.717) is 13.0 Å². The Kier molecular flexibility index (Phi) is 6.53. The summed E-state index contributed by atoms with van der Waals surface area (Å²) in [6.45, 7) is 2.31. The van der Waals surface area contributed by atoms with Gasteiger partial charge in [0.2, 0.25) is 5.91 Å². The topological polar surface area (TPSA) is 54.0 Å². The lowest BCUT2D eigenvalue weighted by atomic mass is 10.1. The summed E-state index contributed by atoms with van der Waals surface area (Å²) in [5.41, 5.74) is 2.58. The summed E-state index contributed by atoms with van der Waals surface area (Å²) in [5, 5.41) is 8.51. The number of nitrogens with zero attached hydrogens (tertiary/aromatic N) is 1. The smallest absolute Gasteiger partial charge is 0.376 e. The molecule has 0 spiro atoms. The predicted octanol–water partition coefficient (Wildman–Crippen LogP) is 4.91. The van der Waals surface area contributed by atoms with Crippen molar-refractivity contribution in [1.29, 1.82) is 0 Å². The molecule has 1 heterocycles. The van der Waals surface area contributed by atoms with Gasteiger partial charge in [0, 0.05) is 23.2 Å². The molecule has 0 atom stereocenters. The van der Waals surface area contributed by atoms with E-state index in [4.69, 9.17) is 0 Å². The molecule has 3 aromatic rings. The second kappa shape index (κ2) is 9.09. The molecule has 152 valence electrons. The van der Waals surface area contributed by atoms with E-state index in [9.17, 15) is 18.0 Å². The number of carbonyl (C=O) groups is 1. The van der Waals surface area contributed by atoms with E-state index in [1.54, 1.807) is 11.3 Å². The van der Waals surface area contributed by atoms with Gasteiger partial charge in [-0.2, -0.15) is 13.2 Å². The highest BCUT2D eigenvalue weighted by molar-refractivity contribution is 7.09. The standard InChI is InChI=1S/C21H20F3N3OS/c1-14-27-19(13-29-14)16-7-5-15(6-8-16)9-10-25-20(28)12-26-18-4-2-3-17(11-18)21(22,23)24/h2-8,11,13,26H,9-10,12H2,1H3,(H,25,28). The van der Waals surface area contributed by atoms with Crippen molar-refractivity contribution in [3.63, 3.8) is 0 Å². The summed E-state index contributed by atoms with van der Waals surface area (Å²) < 4.78 is 38.1. The van der Waals surface area contributed by atoms with Crippen LogP contribution in [0.3, 0.4) is 0 Å². The third-order valence-corrected chi connectivity index (χ3v) is 5.02. The van der Waals surface area contributed by atoms with E-state index >= 15 is 0 Å². The van der Waals surface area contributed by atoms with Crippen LogP contribution in [0, 0.1) is 6.92 Å². The van der Waals surface area contributed by atoms with Crippen LogP contribution in [0.4, 0.5) is 18.9 Å². The highest BCUT2D eigenvalue weighted by Crippen LogP contribution is 2.30. The van der Waals surface area contributed by atoms with Gasteiger partial charge >= 0.3 is 6.18 Å². The summed E-state index contributed by atoms with van der Waals surface area (Å²) >= 11 is 1.61. The zero-order chi connectivity index (χ0) is 20.9. The molecule has 0 radical (unpaired) electrons. The molecule has 2 N–H and O–H groups in total. The summed E-state index contributed by atoms with van der Waals surface area (Å²) in [6, 6.07) is 12.8. The van der Waals surface area contributed by atoms with E-state index < -0.39 is 11.7 Å². The molecule has 0 fully saturated rings. The number of nitrogens with one attached hydrogen (secondary N) is 2. The molecule has 0 unspecified atom stereocenters. The fraction of sp³-hybridized carbons (Fsp3) is 0.238. The Morgan fingerprint density at radius 1 is 1.14 bits per heavy atom. The van der Waals surface area contributed by atoms with E-state index in [2.05, 4.69) is 15.6 Å². The van der Waals surface area contributed by atoms with Crippen molar-refractivity contribution in [2.75, 3.05) is 18.4 Å². The number of rotatable bonds is 7. The second-order valence-corrected chi connectivity index (χ2v) is 7.54. The Morgan fingerprint density at radius 2 is 1.90 bits per heavy atom. The molecule has 0 aliphatic carbocycles. The van der Waals surface area contributed by atoms with Crippen molar-refractivity contribution in [2.24, 2.45) is 0 Å². The van der Waals surface area contributed by atoms with Crippen LogP contribution < -0.4 is 10.6 Å². The van der Waals surface area contributed by atoms with Gasteiger partial charge in [-0.1, -0.05) is 30.3 Å². The molecular weight excluding hydrogens is 399 g/mol. The first-order valence-electron chi connectivity index (χ1n) is 9.00. The summed E-state index contributed by atoms with van der Waals surface area (Å²) in [7, 11) is 0. The third-order valence-electron chi connectivity index (χ3n) is 4.25. The van der Waals surface area contributed by atoms with Crippen molar-refractivity contribution in [1.82, 2.24) is 10.3 Å². The fourth-order valence-electron chi connectivity index (χ4n) is 2.73. The Bertz CT molecular complexity index is 968. The molecule has 0 saturated heterocycles. The number of aromatic nitrogens is 1. The monoisotopic (exact) mass is 419 g/mol. The van der Waals surface area contributed by atoms with E-state index in [1.165, 1.54) is 12.1 Å². The van der Waals surface area contributed by atoms with Gasteiger partial charge < -0.3 is 10.6 Å². The van der Waals surface area contributed by atoms with Crippen molar-refractivity contribution in [2.45, 2.75) is 19.5 Å². The predicted molar refractivity (Wildman–Crippen MR) is 109 cm³/mol. The molecule has 0 saturated carbocycles. The zero-order valence-corrected chi connectivity index (χ0v) is 16.5. The van der Waals surface area contributed by atoms with Gasteiger partial charge in [0.25, 0.3) is 0 Å². The quantitative estimate of drug-likeness (QED) is 0.572. The number of benzene rings is 2. The number of halogens is 3. The summed E-state index contributed by atoms with van der Waals surface area (Å²) in [6.07, 6.45) is -3.75. The molecule has 0 bridgehead atoms. The SMILES string of the molecule is Cc1nc(-c2ccc(CCNC(=O)CNc3cccc(C(F)(F)F)c3)cc2)cs1. The Labute approximate surface area is 170 Å². The van der Waals surface area contributed by atoms with Crippen LogP contribution in [-0.4, -0.2) is 24.0 Å². The van der Waals surface area contributed by atoms with Gasteiger partial charge in [-0.25, -0.2) is 4.98 Å². The first kappa shape index (κ1) is 20.9. The molecule has 0 aliphatic heterocycles. The van der Waals surface area contributed by atoms with Gasteiger partial charge in [-0.15, -0.1) is 11.3 Å². The van der Waals surface area contributed by atoms with Crippen molar-refractivity contribution in [3.05, 3.63) is 70.0 Å². The average Bonchev–Trinajstić information content (AvgIpc) is 3.13. The minimum atomic E-state index is -4.41. The van der Waals surface area contributed by atoms with Crippen LogP contribution in [0.25, 0.3) is 11.3 Å². The van der Waals surface area contributed by atoms with E-state index in [-0.39, 0.29) is 18.1 Å². The molecule has 1 aromatic heterocycles. The number of hydrogen-bond acceptors (Lipinski definition) is 4. The van der Waals surface area contributed by atoms with Gasteiger partial charge in [0.1, 0.15) is 0 Å². The molecule has 4 nitrogen and oxygen atoms in total. The van der Waals surface area contributed by atoms with Crippen LogP contribution in [0.5, 0.6) is 0 Å². The van der Waals surface area contributed by atoms with Crippen LogP contribution in [0.2, 0.25) is 0 Å². The van der Waals surface area contributed by atoms with Gasteiger partial charge in [0.05, 0.1) is 22.8 Å². The Balaban J connectivity index is 1.43. The first-order chi connectivity index (χ1) is 13.8. The van der Waals surface area contributed by atoms with Crippen molar-refractivity contribution >= 4 is 22.9 Å². The lowest BCUT2D eigenvalue weighted by Gasteiger charge is -2.11. The normalized spacial score (nSPS) is 11.3. The third kappa shape index (κ3) is 6.05. The zero-order valence-electron chi connectivity index (χ0n) is 15.7. The van der Waals surface area contributed by atoms with Crippen molar-refractivity contribution in [3.8, 4) is 11.3 Å². The molecular formula is C21H20F3N3OS. The number of aryl methyl sites for hydroxylation is 1. The number of amides is 1. The molecule has 8 heteroatoms. The molecule has 2 aromatic carbocycles. The minimum absolute atomic E-state index is 0.0938. The number of carbonyl (C=O) groups excluding carboxylic acids is 1. The van der Waals surface area contributed by atoms with Gasteiger partial charge in [0.15, 0.2) is 0 Å². The summed E-state index contributed by atoms with van der Waals surface area (Å²) in [4.78, 5) is 16.4. The molecule has 3 rings (SSSR count). The van der Waals surface area contributed by atoms with Crippen molar-refractivity contribution < 1.29 is 18.0 Å². The highest BCUT2D eigenvalue weighted by Gasteiger charge is 2.30. The maximum atomic E-state index is 12.7. The number of thiazole rings is 1. The van der Waals surface area contributed by atoms with Crippen LogP contribution in [0.15, 0.2) is 53.9 Å². The Hall–Kier alpha value is -2.87. The maximum absolute atomic E-state index is 12.7. The van der Waals surface area contributed by atoms with Gasteiger partial charge in [-0.05, 0) is 37.1 Å². The largest absolute Gasteiger partial charge is 0.416 e. The van der Waals surface area contributed by atoms with Crippen LogP contribution >= 0.6 is 11.3 Å². The van der Waals surface area contributed by atoms with E-state index in [1.807, 2.05) is 36.6 Å². The number of alkyl halides is 3. The molecule has 1 amide bonds. The van der Waals surface area contributed by atoms with Crippen LogP contribution in [0.1, 0.15) is 16.1 Å². The highest BCUT2D eigenvalue weighted by atomic mass is 32.1. The second-order valence-electron chi connectivity index (χ2n) is 6.48. The fourth-order valence-corrected chi connectivity index (χ4v) is 3.36. The first-order valence-corrected chi connectivity index (χ1v) is 9.88. The summed E-state index contributed by atoms with van der Waals surface area (Å²) in [5.74, 6) is -0.281. The van der Waals surface area contributed by atoms with Crippen LogP contribution in [-0.2, 0) is 17.4 Å². The molecule has 29 heavy (non-hydrogen) atoms. The maximum Gasteiger partial charge on any atom is 0.416 e. The number of anilines is 1. The molecule has 0 aliphatic rings. The minimum Gasteiger partial charge on any atom is -0.376 e. The Morgan fingerprint density at radius 3 is 2.55 bits per heavy atom. The lowest BCUT2D eigenvalue weighted by Crippen LogP contribution is -2.31. The van der Waals surface area contributed by atoms with E-state index in [0.717, 1.165) is 34.0 Å². The lowest BCUT2D eigenvalue weighted by molar-refractivity contribution is -0.137. The average molecular weight is 419 g/mol. The van der Waals surface area contributed by atoms with Gasteiger partial charge in [-0.3, -0.25) is 4.79 Å². The number of hydrogen-bond donors (Lipinski definition) is 2.